The minimum absolute atomic E-state index is 0.0434. The van der Waals surface area contributed by atoms with Crippen LogP contribution in [0.1, 0.15) is 33.5 Å². The number of amidine groups is 1. The molecule has 1 aromatic heterocycles. The molecular weight excluding hydrogens is 500 g/mol. The van der Waals surface area contributed by atoms with Gasteiger partial charge in [-0.05, 0) is 60.2 Å². The van der Waals surface area contributed by atoms with Crippen molar-refractivity contribution in [3.8, 4) is 11.1 Å². The van der Waals surface area contributed by atoms with Crippen LogP contribution in [0.25, 0.3) is 11.1 Å². The van der Waals surface area contributed by atoms with E-state index in [1.807, 2.05) is 90.7 Å². The Labute approximate surface area is 235 Å². The average molecular weight is 536 g/mol. The lowest BCUT2D eigenvalue weighted by molar-refractivity contribution is -0.671. The molecule has 0 fully saturated rings. The summed E-state index contributed by atoms with van der Waals surface area (Å²) in [6, 6.07) is 28.2. The van der Waals surface area contributed by atoms with Crippen LogP contribution in [0.4, 0.5) is 0 Å². The van der Waals surface area contributed by atoms with Gasteiger partial charge in [-0.2, -0.15) is 0 Å². The van der Waals surface area contributed by atoms with Crippen molar-refractivity contribution in [2.75, 3.05) is 7.11 Å². The molecule has 0 aliphatic carbocycles. The highest BCUT2D eigenvalue weighted by Crippen LogP contribution is 2.22. The number of hydrogen-bond acceptors (Lipinski definition) is 4. The molecule has 2 atom stereocenters. The number of hydrogen-bond donors (Lipinski definition) is 3. The van der Waals surface area contributed by atoms with Gasteiger partial charge in [-0.15, -0.1) is 0 Å². The van der Waals surface area contributed by atoms with Crippen LogP contribution < -0.4 is 15.6 Å². The number of aryl methyl sites for hydroxylation is 2. The highest BCUT2D eigenvalue weighted by molar-refractivity contribution is 5.95. The molecule has 0 bridgehead atoms. The maximum absolute atomic E-state index is 13.5. The maximum Gasteiger partial charge on any atom is 0.311 e. The first-order valence-electron chi connectivity index (χ1n) is 13.3. The predicted octanol–water partition coefficient (Wildman–Crippen LogP) is 4.23. The maximum atomic E-state index is 13.5. The van der Waals surface area contributed by atoms with Crippen LogP contribution in [-0.4, -0.2) is 30.9 Å². The molecule has 4 N–H and O–H groups in total. The van der Waals surface area contributed by atoms with Crippen molar-refractivity contribution in [1.29, 1.82) is 5.41 Å². The van der Waals surface area contributed by atoms with Crippen LogP contribution >= 0.6 is 0 Å². The number of benzene rings is 3. The Balaban J connectivity index is 1.59. The molecule has 40 heavy (non-hydrogen) atoms. The molecule has 204 valence electrons. The molecule has 0 aliphatic heterocycles. The second-order valence-corrected chi connectivity index (χ2v) is 9.89. The number of pyridine rings is 1. The second kappa shape index (κ2) is 13.3. The molecule has 4 rings (SSSR count). The van der Waals surface area contributed by atoms with Crippen LogP contribution in [0.15, 0.2) is 103 Å². The topological polar surface area (TPSA) is 109 Å². The Hall–Kier alpha value is -4.78. The number of aromatic nitrogens is 1. The molecule has 7 nitrogen and oxygen atoms in total. The Morgan fingerprint density at radius 1 is 0.900 bits per heavy atom. The van der Waals surface area contributed by atoms with Crippen molar-refractivity contribution in [3.63, 3.8) is 0 Å². The summed E-state index contributed by atoms with van der Waals surface area (Å²) in [6.07, 6.45) is 5.54. The van der Waals surface area contributed by atoms with Crippen LogP contribution in [0, 0.1) is 11.3 Å². The second-order valence-electron chi connectivity index (χ2n) is 9.89. The van der Waals surface area contributed by atoms with E-state index >= 15 is 0 Å². The molecule has 7 heteroatoms. The first-order chi connectivity index (χ1) is 19.3. The number of nitrogens with one attached hydrogen (secondary N) is 2. The Bertz CT molecular complexity index is 1470. The number of nitrogen functional groups attached to an aromatic ring is 1. The average Bonchev–Trinajstić information content (AvgIpc) is 2.98. The molecule has 0 spiro atoms. The van der Waals surface area contributed by atoms with E-state index < -0.39 is 17.9 Å². The highest BCUT2D eigenvalue weighted by Gasteiger charge is 2.31. The monoisotopic (exact) mass is 535 g/mol. The first kappa shape index (κ1) is 28.2. The zero-order valence-electron chi connectivity index (χ0n) is 22.8. The summed E-state index contributed by atoms with van der Waals surface area (Å²) in [4.78, 5) is 26.6. The Morgan fingerprint density at radius 2 is 1.62 bits per heavy atom. The smallest absolute Gasteiger partial charge is 0.311 e. The van der Waals surface area contributed by atoms with E-state index in [2.05, 4.69) is 5.32 Å². The minimum atomic E-state index is -0.636. The fourth-order valence-corrected chi connectivity index (χ4v) is 4.83. The molecule has 3 aromatic carbocycles. The summed E-state index contributed by atoms with van der Waals surface area (Å²) < 4.78 is 7.18. The minimum Gasteiger partial charge on any atom is -0.469 e. The number of rotatable bonds is 11. The number of ether oxygens (including phenoxy) is 1. The lowest BCUT2D eigenvalue weighted by atomic mass is 9.87. The molecule has 4 aromatic rings. The fraction of sp³-hybridized carbons (Fsp3) is 0.212. The normalized spacial score (nSPS) is 12.2. The van der Waals surface area contributed by atoms with Gasteiger partial charge in [-0.1, -0.05) is 60.7 Å². The van der Waals surface area contributed by atoms with Gasteiger partial charge in [0.15, 0.2) is 12.4 Å². The van der Waals surface area contributed by atoms with Crippen molar-refractivity contribution in [2.24, 2.45) is 18.7 Å². The van der Waals surface area contributed by atoms with Gasteiger partial charge >= 0.3 is 5.97 Å². The summed E-state index contributed by atoms with van der Waals surface area (Å²) in [5.41, 5.74) is 10.8. The van der Waals surface area contributed by atoms with Crippen LogP contribution in [0.5, 0.6) is 0 Å². The van der Waals surface area contributed by atoms with Gasteiger partial charge in [0.05, 0.1) is 13.0 Å². The molecule has 0 saturated carbocycles. The molecule has 0 aliphatic rings. The molecule has 1 heterocycles. The van der Waals surface area contributed by atoms with E-state index in [9.17, 15) is 9.59 Å². The van der Waals surface area contributed by atoms with Gasteiger partial charge in [0.25, 0.3) is 5.91 Å². The zero-order valence-corrected chi connectivity index (χ0v) is 22.8. The van der Waals surface area contributed by atoms with Gasteiger partial charge < -0.3 is 15.8 Å². The third-order valence-electron chi connectivity index (χ3n) is 7.01. The van der Waals surface area contributed by atoms with Crippen molar-refractivity contribution >= 4 is 17.7 Å². The predicted molar refractivity (Wildman–Crippen MR) is 156 cm³/mol. The number of amides is 1. The van der Waals surface area contributed by atoms with E-state index in [0.717, 1.165) is 22.3 Å². The number of carbonyl (C=O) groups is 2. The molecule has 0 radical (unpaired) electrons. The van der Waals surface area contributed by atoms with E-state index in [4.69, 9.17) is 15.9 Å². The summed E-state index contributed by atoms with van der Waals surface area (Å²) in [5, 5.41) is 10.9. The fourth-order valence-electron chi connectivity index (χ4n) is 4.83. The SMILES string of the molecule is COC(=O)C(Cc1cccc(C(=N)N)c1)C(CCc1ccccc1)NC(=O)c1ccc(-c2ccc[n+](C)c2)cc1. The van der Waals surface area contributed by atoms with Crippen LogP contribution in [0.3, 0.4) is 0 Å². The van der Waals surface area contributed by atoms with E-state index in [0.29, 0.717) is 30.4 Å². The third-order valence-corrected chi connectivity index (χ3v) is 7.01. The Morgan fingerprint density at radius 3 is 2.30 bits per heavy atom. The van der Waals surface area contributed by atoms with Crippen molar-refractivity contribution in [2.45, 2.75) is 25.3 Å². The number of nitrogens with zero attached hydrogens (tertiary/aromatic N) is 1. The molecule has 0 saturated heterocycles. The van der Waals surface area contributed by atoms with E-state index in [1.165, 1.54) is 7.11 Å². The van der Waals surface area contributed by atoms with E-state index in [-0.39, 0.29) is 11.7 Å². The van der Waals surface area contributed by atoms with Crippen molar-refractivity contribution in [1.82, 2.24) is 5.32 Å². The van der Waals surface area contributed by atoms with E-state index in [1.54, 1.807) is 24.3 Å². The lowest BCUT2D eigenvalue weighted by Gasteiger charge is -2.27. The van der Waals surface area contributed by atoms with Gasteiger partial charge in [-0.3, -0.25) is 15.0 Å². The van der Waals surface area contributed by atoms with Crippen LogP contribution in [0.2, 0.25) is 0 Å². The van der Waals surface area contributed by atoms with Gasteiger partial charge in [0.2, 0.25) is 0 Å². The number of carbonyl (C=O) groups excluding carboxylic acids is 2. The number of methoxy groups -OCH3 is 1. The largest absolute Gasteiger partial charge is 0.469 e. The zero-order chi connectivity index (χ0) is 28.5. The summed E-state index contributed by atoms with van der Waals surface area (Å²) in [6.45, 7) is 0. The van der Waals surface area contributed by atoms with Crippen molar-refractivity contribution < 1.29 is 18.9 Å². The van der Waals surface area contributed by atoms with Gasteiger partial charge in [0, 0.05) is 28.8 Å². The molecule has 2 unspecified atom stereocenters. The van der Waals surface area contributed by atoms with Gasteiger partial charge in [0.1, 0.15) is 12.9 Å². The third kappa shape index (κ3) is 7.41. The standard InChI is InChI=1S/C33H34N4O3/c1-37-19-7-12-28(22-37)25-14-16-26(17-15-25)32(38)36-30(18-13-23-8-4-3-5-9-23)29(33(39)40-2)21-24-10-6-11-27(20-24)31(34)35/h3-12,14-17,19-20,22,29-30H,13,18,21H2,1-2H3,(H3-,34,35,36,38)/p+1. The van der Waals surface area contributed by atoms with Crippen molar-refractivity contribution in [3.05, 3.63) is 126 Å². The summed E-state index contributed by atoms with van der Waals surface area (Å²) >= 11 is 0. The Kier molecular flexibility index (Phi) is 9.41. The molecular formula is C33H35N4O3+. The lowest BCUT2D eigenvalue weighted by Crippen LogP contribution is -2.45. The van der Waals surface area contributed by atoms with Gasteiger partial charge in [-0.25, -0.2) is 4.57 Å². The van der Waals surface area contributed by atoms with Crippen LogP contribution in [-0.2, 0) is 29.4 Å². The quantitative estimate of drug-likeness (QED) is 0.116. The highest BCUT2D eigenvalue weighted by atomic mass is 16.5. The summed E-state index contributed by atoms with van der Waals surface area (Å²) in [5.74, 6) is -1.34. The first-order valence-corrected chi connectivity index (χ1v) is 13.3. The number of nitrogens with two attached hydrogens (primary N) is 1. The summed E-state index contributed by atoms with van der Waals surface area (Å²) in [7, 11) is 3.33. The number of esters is 1. The molecule has 1 amide bonds.